The molecule has 0 nitrogen and oxygen atoms in total. The predicted octanol–water partition coefficient (Wildman–Crippen LogP) is 8.36. The van der Waals surface area contributed by atoms with E-state index in [0.717, 1.165) is 11.5 Å². The molecule has 4 radical (unpaired) electrons. The van der Waals surface area contributed by atoms with Crippen LogP contribution in [0.15, 0.2) is 0 Å². The Hall–Kier alpha value is 1.50. The van der Waals surface area contributed by atoms with Crippen LogP contribution in [0.3, 0.4) is 0 Å². The zero-order valence-corrected chi connectivity index (χ0v) is 24.3. The molecule has 0 heterocycles. The normalized spacial score (nSPS) is 9.33. The van der Waals surface area contributed by atoms with Crippen molar-refractivity contribution in [3.05, 3.63) is 13.8 Å². The molecule has 0 aliphatic rings. The van der Waals surface area contributed by atoms with Crippen molar-refractivity contribution in [3.8, 4) is 0 Å². The third-order valence-corrected chi connectivity index (χ3v) is 3.57. The van der Waals surface area contributed by atoms with E-state index >= 15 is 0 Å². The minimum absolute atomic E-state index is 0. The van der Waals surface area contributed by atoms with Gasteiger partial charge in [0.05, 0.1) is 0 Å². The molecular weight excluding hydrogens is 471 g/mol. The Morgan fingerprint density at radius 2 is 0.704 bits per heavy atom. The van der Waals surface area contributed by atoms with E-state index in [9.17, 15) is 0 Å². The first-order valence-corrected chi connectivity index (χ1v) is 12.3. The zero-order valence-electron chi connectivity index (χ0n) is 19.8. The van der Waals surface area contributed by atoms with E-state index in [2.05, 4.69) is 55.4 Å². The van der Waals surface area contributed by atoms with Crippen molar-refractivity contribution >= 4 is 49.2 Å². The fraction of sp³-hybridized carbons (Fsp3) is 0.917. The van der Waals surface area contributed by atoms with Gasteiger partial charge in [-0.2, -0.15) is 11.5 Å². The van der Waals surface area contributed by atoms with Gasteiger partial charge in [-0.25, -0.2) is 0 Å². The Labute approximate surface area is 204 Å². The molecule has 0 atom stereocenters. The summed E-state index contributed by atoms with van der Waals surface area (Å²) in [6.45, 7) is 20.0. The summed E-state index contributed by atoms with van der Waals surface area (Å²) in [5.41, 5.74) is 0. The van der Waals surface area contributed by atoms with E-state index < -0.39 is 0 Å². The Morgan fingerprint density at radius 3 is 0.889 bits per heavy atom. The standard InChI is InChI=1S/2C8H18S.2C4H9.Sn/c2*1-2-3-4-5-6-7-8-9;2*1-4(2)3;/h2*9H,2-8H2,1H3;2*4H,1H2,2-3H3;/q;;;;+2/p-2. The summed E-state index contributed by atoms with van der Waals surface area (Å²) in [5.74, 6) is 3.07. The van der Waals surface area contributed by atoms with Gasteiger partial charge in [-0.1, -0.05) is 132 Å². The van der Waals surface area contributed by atoms with Gasteiger partial charge >= 0.3 is 23.9 Å². The molecule has 0 bridgehead atoms. The van der Waals surface area contributed by atoms with Crippen LogP contribution in [0.2, 0.25) is 0 Å². The maximum atomic E-state index is 4.83. The molecule has 0 aromatic rings. The molecule has 3 heteroatoms. The van der Waals surface area contributed by atoms with Crippen LogP contribution in [0.5, 0.6) is 0 Å². The quantitative estimate of drug-likeness (QED) is 0.143. The Balaban J connectivity index is -0.0000000843. The molecule has 0 aromatic heterocycles. The molecule has 0 amide bonds. The van der Waals surface area contributed by atoms with Gasteiger partial charge in [0.1, 0.15) is 0 Å². The fourth-order valence-corrected chi connectivity index (χ4v) is 2.17. The predicted molar refractivity (Wildman–Crippen MR) is 137 cm³/mol. The first-order valence-electron chi connectivity index (χ1n) is 11.1. The molecule has 0 N–H and O–H groups in total. The van der Waals surface area contributed by atoms with Crippen molar-refractivity contribution in [1.29, 1.82) is 0 Å². The molecule has 0 spiro atoms. The maximum Gasteiger partial charge on any atom is 2.00 e. The van der Waals surface area contributed by atoms with Crippen molar-refractivity contribution < 1.29 is 0 Å². The molecule has 0 fully saturated rings. The van der Waals surface area contributed by atoms with Crippen molar-refractivity contribution in [2.75, 3.05) is 11.5 Å². The number of hydrogen-bond donors (Lipinski definition) is 0. The van der Waals surface area contributed by atoms with E-state index in [-0.39, 0.29) is 23.9 Å². The van der Waals surface area contributed by atoms with Crippen LogP contribution in [0.4, 0.5) is 0 Å². The minimum atomic E-state index is 0. The average Bonchev–Trinajstić information content (AvgIpc) is 2.54. The average molecular weight is 524 g/mol. The van der Waals surface area contributed by atoms with Crippen molar-refractivity contribution in [2.24, 2.45) is 11.8 Å². The minimum Gasteiger partial charge on any atom is -0.793 e. The third kappa shape index (κ3) is 98.1. The largest absolute Gasteiger partial charge is 2.00 e. The fourth-order valence-electron chi connectivity index (χ4n) is 1.76. The van der Waals surface area contributed by atoms with Gasteiger partial charge in [0.2, 0.25) is 0 Å². The third-order valence-electron chi connectivity index (χ3n) is 3.00. The number of unbranched alkanes of at least 4 members (excludes halogenated alkanes) is 10. The number of hydrogen-bond acceptors (Lipinski definition) is 2. The Kier molecular flexibility index (Phi) is 60.4. The van der Waals surface area contributed by atoms with Gasteiger partial charge in [-0.15, -0.1) is 0 Å². The Morgan fingerprint density at radius 1 is 0.519 bits per heavy atom. The maximum absolute atomic E-state index is 4.83. The second kappa shape index (κ2) is 41.8. The van der Waals surface area contributed by atoms with Gasteiger partial charge in [-0.3, -0.25) is 0 Å². The SMILES string of the molecule is CCCCCCCC[S-].CCCCCCCC[S-].[CH2]C(C)C.[CH2]C(C)C.[Sn+2]. The van der Waals surface area contributed by atoms with Gasteiger partial charge in [0.25, 0.3) is 0 Å². The van der Waals surface area contributed by atoms with Crippen LogP contribution >= 0.6 is 0 Å². The second-order valence-electron chi connectivity index (χ2n) is 7.73. The summed E-state index contributed by atoms with van der Waals surface area (Å²) < 4.78 is 0. The van der Waals surface area contributed by atoms with E-state index in [0.29, 0.717) is 11.8 Å². The molecule has 0 rings (SSSR count). The van der Waals surface area contributed by atoms with Gasteiger partial charge in [-0.05, 0) is 11.8 Å². The molecule has 164 valence electrons. The summed E-state index contributed by atoms with van der Waals surface area (Å²) >= 11 is 9.66. The van der Waals surface area contributed by atoms with Gasteiger partial charge in [0.15, 0.2) is 0 Å². The van der Waals surface area contributed by atoms with Crippen LogP contribution in [-0.2, 0) is 25.3 Å². The van der Waals surface area contributed by atoms with Crippen molar-refractivity contribution in [3.63, 3.8) is 0 Å². The Bertz CT molecular complexity index is 148. The van der Waals surface area contributed by atoms with E-state index in [1.54, 1.807) is 0 Å². The molecule has 0 saturated carbocycles. The first-order chi connectivity index (χ1) is 12.3. The smallest absolute Gasteiger partial charge is 0.793 e. The first kappa shape index (κ1) is 39.0. The van der Waals surface area contributed by atoms with Crippen LogP contribution in [-0.4, -0.2) is 35.4 Å². The van der Waals surface area contributed by atoms with Gasteiger partial charge < -0.3 is 25.3 Å². The summed E-state index contributed by atoms with van der Waals surface area (Å²) in [6, 6.07) is 0. The van der Waals surface area contributed by atoms with Crippen LogP contribution in [0.1, 0.15) is 119 Å². The molecule has 0 aromatic carbocycles. The molecule has 0 aliphatic heterocycles. The van der Waals surface area contributed by atoms with E-state index in [1.165, 1.54) is 77.0 Å². The molecular formula is C24H52S2Sn. The molecule has 0 saturated heterocycles. The molecule has 27 heavy (non-hydrogen) atoms. The second-order valence-corrected chi connectivity index (χ2v) is 8.55. The molecule has 0 unspecified atom stereocenters. The zero-order chi connectivity index (χ0) is 21.1. The van der Waals surface area contributed by atoms with Crippen LogP contribution in [0, 0.1) is 25.7 Å². The van der Waals surface area contributed by atoms with Crippen LogP contribution in [0.25, 0.3) is 0 Å². The van der Waals surface area contributed by atoms with Crippen molar-refractivity contribution in [2.45, 2.75) is 119 Å². The van der Waals surface area contributed by atoms with Crippen LogP contribution < -0.4 is 0 Å². The summed E-state index contributed by atoms with van der Waals surface area (Å²) in [5, 5.41) is 0. The topological polar surface area (TPSA) is 0 Å². The summed E-state index contributed by atoms with van der Waals surface area (Å²) in [6.07, 6.45) is 16.3. The van der Waals surface area contributed by atoms with Crippen molar-refractivity contribution in [1.82, 2.24) is 0 Å². The van der Waals surface area contributed by atoms with E-state index in [1.807, 2.05) is 0 Å². The van der Waals surface area contributed by atoms with Gasteiger partial charge in [0, 0.05) is 0 Å². The van der Waals surface area contributed by atoms with E-state index in [4.69, 9.17) is 25.3 Å². The summed E-state index contributed by atoms with van der Waals surface area (Å²) in [4.78, 5) is 0. The summed E-state index contributed by atoms with van der Waals surface area (Å²) in [7, 11) is 0. The number of rotatable bonds is 12. The molecule has 0 aliphatic carbocycles. The monoisotopic (exact) mass is 524 g/mol.